The zero-order valence-corrected chi connectivity index (χ0v) is 18.2. The summed E-state index contributed by atoms with van der Waals surface area (Å²) in [6, 6.07) is 11.8. The molecular formula is C23H21ClN4O4. The number of aromatic nitrogens is 2. The Labute approximate surface area is 189 Å². The van der Waals surface area contributed by atoms with Crippen molar-refractivity contribution in [3.05, 3.63) is 88.0 Å². The van der Waals surface area contributed by atoms with E-state index < -0.39 is 17.8 Å². The number of carbonyl (C=O) groups excluding carboxylic acids is 3. The molecule has 0 spiro atoms. The van der Waals surface area contributed by atoms with Crippen LogP contribution in [0.4, 0.5) is 5.69 Å². The van der Waals surface area contributed by atoms with Crippen LogP contribution in [0.3, 0.4) is 0 Å². The molecule has 0 unspecified atom stereocenters. The van der Waals surface area contributed by atoms with Crippen molar-refractivity contribution in [2.75, 3.05) is 12.4 Å². The molecule has 1 aromatic heterocycles. The van der Waals surface area contributed by atoms with Crippen molar-refractivity contribution in [2.24, 2.45) is 0 Å². The number of carbonyl (C=O) groups is 3. The Kier molecular flexibility index (Phi) is 7.41. The van der Waals surface area contributed by atoms with Crippen LogP contribution in [0.5, 0.6) is 0 Å². The van der Waals surface area contributed by atoms with Gasteiger partial charge in [0.15, 0.2) is 5.82 Å². The lowest BCUT2D eigenvalue weighted by atomic mass is 10.1. The third kappa shape index (κ3) is 6.05. The van der Waals surface area contributed by atoms with E-state index in [9.17, 15) is 14.4 Å². The van der Waals surface area contributed by atoms with Gasteiger partial charge in [0.2, 0.25) is 5.91 Å². The first-order valence-corrected chi connectivity index (χ1v) is 9.99. The number of esters is 1. The SMILES string of the molecule is COC(=O)c1cc(CNC(=O)c2ncc(C)[nH]2)cc(NC(=O)/C=C/c2ccccc2Cl)c1. The highest BCUT2D eigenvalue weighted by atomic mass is 35.5. The maximum atomic E-state index is 12.4. The Hall–Kier alpha value is -3.91. The Balaban J connectivity index is 1.74. The predicted molar refractivity (Wildman–Crippen MR) is 121 cm³/mol. The zero-order valence-electron chi connectivity index (χ0n) is 17.4. The number of hydrogen-bond acceptors (Lipinski definition) is 5. The third-order valence-corrected chi connectivity index (χ3v) is 4.72. The van der Waals surface area contributed by atoms with Crippen LogP contribution >= 0.6 is 11.6 Å². The van der Waals surface area contributed by atoms with Crippen LogP contribution in [0, 0.1) is 6.92 Å². The predicted octanol–water partition coefficient (Wildman–Crippen LogP) is 3.74. The molecule has 0 atom stereocenters. The number of nitrogens with one attached hydrogen (secondary N) is 3. The number of aromatic amines is 1. The molecule has 0 aliphatic rings. The first-order valence-electron chi connectivity index (χ1n) is 9.61. The van der Waals surface area contributed by atoms with Crippen LogP contribution in [-0.2, 0) is 16.1 Å². The number of ether oxygens (including phenoxy) is 1. The Morgan fingerprint density at radius 2 is 1.97 bits per heavy atom. The highest BCUT2D eigenvalue weighted by Gasteiger charge is 2.13. The van der Waals surface area contributed by atoms with Crippen LogP contribution in [0.2, 0.25) is 5.02 Å². The molecule has 0 aliphatic heterocycles. The number of methoxy groups -OCH3 is 1. The number of imidazole rings is 1. The Bertz CT molecular complexity index is 1190. The van der Waals surface area contributed by atoms with Crippen molar-refractivity contribution in [1.82, 2.24) is 15.3 Å². The molecule has 3 aromatic rings. The molecule has 0 saturated carbocycles. The number of halogens is 1. The number of rotatable bonds is 7. The molecule has 0 fully saturated rings. The van der Waals surface area contributed by atoms with E-state index >= 15 is 0 Å². The van der Waals surface area contributed by atoms with Gasteiger partial charge in [-0.1, -0.05) is 29.8 Å². The highest BCUT2D eigenvalue weighted by molar-refractivity contribution is 6.32. The molecule has 3 N–H and O–H groups in total. The van der Waals surface area contributed by atoms with Gasteiger partial charge in [0.1, 0.15) is 0 Å². The molecule has 2 aromatic carbocycles. The summed E-state index contributed by atoms with van der Waals surface area (Å²) in [5.41, 5.74) is 2.66. The van der Waals surface area contributed by atoms with Gasteiger partial charge in [-0.15, -0.1) is 0 Å². The number of aryl methyl sites for hydroxylation is 1. The van der Waals surface area contributed by atoms with Crippen LogP contribution in [-0.4, -0.2) is 34.9 Å². The topological polar surface area (TPSA) is 113 Å². The molecule has 2 amide bonds. The average Bonchev–Trinajstić information content (AvgIpc) is 3.22. The monoisotopic (exact) mass is 452 g/mol. The van der Waals surface area contributed by atoms with E-state index in [2.05, 4.69) is 20.6 Å². The van der Waals surface area contributed by atoms with E-state index in [0.29, 0.717) is 21.8 Å². The number of hydrogen-bond donors (Lipinski definition) is 3. The number of anilines is 1. The van der Waals surface area contributed by atoms with Gasteiger partial charge in [-0.3, -0.25) is 9.59 Å². The van der Waals surface area contributed by atoms with Crippen molar-refractivity contribution in [3.63, 3.8) is 0 Å². The summed E-state index contributed by atoms with van der Waals surface area (Å²) >= 11 is 6.09. The summed E-state index contributed by atoms with van der Waals surface area (Å²) in [6.07, 6.45) is 4.48. The van der Waals surface area contributed by atoms with E-state index in [1.165, 1.54) is 19.3 Å². The standard InChI is InChI=1S/C23H21ClN4O4/c1-14-12-25-21(27-14)22(30)26-13-15-9-17(23(31)32-2)11-18(10-15)28-20(29)8-7-16-5-3-4-6-19(16)24/h3-12H,13H2,1-2H3,(H,25,27)(H,26,30)(H,28,29)/b8-7+. The minimum absolute atomic E-state index is 0.113. The van der Waals surface area contributed by atoms with Gasteiger partial charge in [-0.2, -0.15) is 0 Å². The lowest BCUT2D eigenvalue weighted by Gasteiger charge is -2.10. The summed E-state index contributed by atoms with van der Waals surface area (Å²) < 4.78 is 4.78. The molecule has 9 heteroatoms. The second-order valence-electron chi connectivity index (χ2n) is 6.85. The van der Waals surface area contributed by atoms with Crippen molar-refractivity contribution in [2.45, 2.75) is 13.5 Å². The lowest BCUT2D eigenvalue weighted by Crippen LogP contribution is -2.24. The van der Waals surface area contributed by atoms with E-state index in [4.69, 9.17) is 16.3 Å². The van der Waals surface area contributed by atoms with Crippen molar-refractivity contribution in [3.8, 4) is 0 Å². The molecule has 3 rings (SSSR count). The minimum Gasteiger partial charge on any atom is -0.465 e. The fourth-order valence-corrected chi connectivity index (χ4v) is 3.05. The summed E-state index contributed by atoms with van der Waals surface area (Å²) in [5.74, 6) is -1.19. The molecule has 164 valence electrons. The molecule has 0 bridgehead atoms. The van der Waals surface area contributed by atoms with Crippen LogP contribution < -0.4 is 10.6 Å². The van der Waals surface area contributed by atoms with Gasteiger partial charge in [0.25, 0.3) is 5.91 Å². The maximum absolute atomic E-state index is 12.4. The Morgan fingerprint density at radius 3 is 2.66 bits per heavy atom. The number of benzene rings is 2. The lowest BCUT2D eigenvalue weighted by molar-refractivity contribution is -0.111. The zero-order chi connectivity index (χ0) is 23.1. The fourth-order valence-electron chi connectivity index (χ4n) is 2.86. The van der Waals surface area contributed by atoms with Gasteiger partial charge in [-0.05, 0) is 48.4 Å². The summed E-state index contributed by atoms with van der Waals surface area (Å²) in [7, 11) is 1.26. The minimum atomic E-state index is -0.568. The van der Waals surface area contributed by atoms with Crippen molar-refractivity contribution < 1.29 is 19.1 Å². The van der Waals surface area contributed by atoms with Crippen LogP contribution in [0.15, 0.2) is 54.7 Å². The van der Waals surface area contributed by atoms with Crippen LogP contribution in [0.25, 0.3) is 6.08 Å². The van der Waals surface area contributed by atoms with Crippen LogP contribution in [0.1, 0.15) is 37.8 Å². The first-order chi connectivity index (χ1) is 15.4. The summed E-state index contributed by atoms with van der Waals surface area (Å²) in [5, 5.41) is 5.95. The van der Waals surface area contributed by atoms with Gasteiger partial charge in [-0.25, -0.2) is 9.78 Å². The Morgan fingerprint density at radius 1 is 1.19 bits per heavy atom. The average molecular weight is 453 g/mol. The quantitative estimate of drug-likeness (QED) is 0.373. The first kappa shape index (κ1) is 22.8. The molecule has 32 heavy (non-hydrogen) atoms. The second kappa shape index (κ2) is 10.4. The van der Waals surface area contributed by atoms with Gasteiger partial charge >= 0.3 is 5.97 Å². The molecular weight excluding hydrogens is 432 g/mol. The molecule has 0 radical (unpaired) electrons. The largest absolute Gasteiger partial charge is 0.465 e. The molecule has 0 aliphatic carbocycles. The van der Waals surface area contributed by atoms with Gasteiger partial charge < -0.3 is 20.4 Å². The van der Waals surface area contributed by atoms with Crippen molar-refractivity contribution in [1.29, 1.82) is 0 Å². The molecule has 1 heterocycles. The smallest absolute Gasteiger partial charge is 0.337 e. The number of amides is 2. The second-order valence-corrected chi connectivity index (χ2v) is 7.26. The fraction of sp³-hybridized carbons (Fsp3) is 0.130. The van der Waals surface area contributed by atoms with E-state index in [1.807, 2.05) is 6.07 Å². The maximum Gasteiger partial charge on any atom is 0.337 e. The van der Waals surface area contributed by atoms with E-state index in [0.717, 1.165) is 5.69 Å². The van der Waals surface area contributed by atoms with Gasteiger partial charge in [0, 0.05) is 35.2 Å². The summed E-state index contributed by atoms with van der Waals surface area (Å²) in [4.78, 5) is 43.5. The number of H-pyrrole nitrogens is 1. The number of nitrogens with zero attached hydrogens (tertiary/aromatic N) is 1. The highest BCUT2D eigenvalue weighted by Crippen LogP contribution is 2.18. The van der Waals surface area contributed by atoms with Gasteiger partial charge in [0.05, 0.1) is 12.7 Å². The summed E-state index contributed by atoms with van der Waals surface area (Å²) in [6.45, 7) is 1.90. The van der Waals surface area contributed by atoms with Crippen molar-refractivity contribution >= 4 is 41.1 Å². The third-order valence-electron chi connectivity index (χ3n) is 4.37. The van der Waals surface area contributed by atoms with E-state index in [-0.39, 0.29) is 17.9 Å². The van der Waals surface area contributed by atoms with E-state index in [1.54, 1.807) is 49.5 Å². The molecule has 8 nitrogen and oxygen atoms in total. The normalized spacial score (nSPS) is 10.7. The molecule has 0 saturated heterocycles.